The first-order valence-electron chi connectivity index (χ1n) is 9.58. The van der Waals surface area contributed by atoms with Gasteiger partial charge in [-0.15, -0.1) is 0 Å². The van der Waals surface area contributed by atoms with Gasteiger partial charge in [-0.05, 0) is 23.1 Å². The van der Waals surface area contributed by atoms with Crippen LogP contribution in [0.2, 0.25) is 0 Å². The van der Waals surface area contributed by atoms with E-state index >= 15 is 0 Å². The molecule has 0 N–H and O–H groups in total. The molecule has 0 bridgehead atoms. The Kier molecular flexibility index (Phi) is 4.60. The third-order valence-corrected chi connectivity index (χ3v) is 5.46. The van der Waals surface area contributed by atoms with Crippen LogP contribution in [-0.4, -0.2) is 49.3 Å². The molecule has 1 spiro atoms. The van der Waals surface area contributed by atoms with Crippen LogP contribution >= 0.6 is 0 Å². The molecule has 0 saturated carbocycles. The van der Waals surface area contributed by atoms with E-state index in [0.29, 0.717) is 44.4 Å². The standard InChI is InChI=1S/C22H27NO4/c1-21(2,3)17-6-4-16(5-7-17)18-8-9-19(27-18)20(24)23-11-13-26-22(14-23)10-12-25-15-22/h4-9H,10-15H2,1-3H3/t22-/m1/s1. The van der Waals surface area contributed by atoms with Crippen LogP contribution in [0.3, 0.4) is 0 Å². The minimum Gasteiger partial charge on any atom is -0.451 e. The SMILES string of the molecule is CC(C)(C)c1ccc(-c2ccc(C(=O)N3CCO[C@]4(CCOC4)C3)o2)cc1. The van der Waals surface area contributed by atoms with Crippen LogP contribution in [0.1, 0.15) is 43.3 Å². The number of amides is 1. The molecule has 4 rings (SSSR count). The summed E-state index contributed by atoms with van der Waals surface area (Å²) in [5.41, 5.74) is 2.02. The van der Waals surface area contributed by atoms with Gasteiger partial charge in [0.25, 0.3) is 5.91 Å². The molecule has 2 aromatic rings. The van der Waals surface area contributed by atoms with Crippen LogP contribution in [0, 0.1) is 0 Å². The molecule has 5 heteroatoms. The molecule has 2 saturated heterocycles. The van der Waals surface area contributed by atoms with Gasteiger partial charge in [0, 0.05) is 25.1 Å². The van der Waals surface area contributed by atoms with E-state index in [4.69, 9.17) is 13.9 Å². The maximum absolute atomic E-state index is 12.9. The van der Waals surface area contributed by atoms with Crippen molar-refractivity contribution in [3.05, 3.63) is 47.7 Å². The van der Waals surface area contributed by atoms with E-state index in [1.165, 1.54) is 5.56 Å². The van der Waals surface area contributed by atoms with Gasteiger partial charge in [0.2, 0.25) is 0 Å². The molecule has 1 atom stereocenters. The Morgan fingerprint density at radius 1 is 1.07 bits per heavy atom. The zero-order valence-electron chi connectivity index (χ0n) is 16.3. The second-order valence-electron chi connectivity index (χ2n) is 8.55. The molecule has 2 fully saturated rings. The molecular weight excluding hydrogens is 342 g/mol. The molecule has 0 radical (unpaired) electrons. The van der Waals surface area contributed by atoms with Gasteiger partial charge in [-0.25, -0.2) is 0 Å². The number of rotatable bonds is 2. The highest BCUT2D eigenvalue weighted by atomic mass is 16.6. The molecule has 2 aliphatic heterocycles. The average molecular weight is 369 g/mol. The van der Waals surface area contributed by atoms with Gasteiger partial charge in [0.1, 0.15) is 11.4 Å². The topological polar surface area (TPSA) is 51.9 Å². The summed E-state index contributed by atoms with van der Waals surface area (Å²) in [7, 11) is 0. The van der Waals surface area contributed by atoms with Crippen molar-refractivity contribution < 1.29 is 18.7 Å². The summed E-state index contributed by atoms with van der Waals surface area (Å²) >= 11 is 0. The van der Waals surface area contributed by atoms with E-state index < -0.39 is 0 Å². The summed E-state index contributed by atoms with van der Waals surface area (Å²) in [5.74, 6) is 1.01. The Hall–Kier alpha value is -2.11. The van der Waals surface area contributed by atoms with Crippen LogP contribution in [0.5, 0.6) is 0 Å². The van der Waals surface area contributed by atoms with Gasteiger partial charge in [0.15, 0.2) is 5.76 Å². The third-order valence-electron chi connectivity index (χ3n) is 5.46. The van der Waals surface area contributed by atoms with E-state index in [2.05, 4.69) is 32.9 Å². The summed E-state index contributed by atoms with van der Waals surface area (Å²) < 4.78 is 17.3. The van der Waals surface area contributed by atoms with Crippen molar-refractivity contribution in [2.45, 2.75) is 38.2 Å². The van der Waals surface area contributed by atoms with Crippen LogP contribution in [0.25, 0.3) is 11.3 Å². The fourth-order valence-corrected chi connectivity index (χ4v) is 3.74. The van der Waals surface area contributed by atoms with Crippen molar-refractivity contribution in [3.8, 4) is 11.3 Å². The fraction of sp³-hybridized carbons (Fsp3) is 0.500. The lowest BCUT2D eigenvalue weighted by Crippen LogP contribution is -2.54. The number of hydrogen-bond acceptors (Lipinski definition) is 4. The Balaban J connectivity index is 1.49. The fourth-order valence-electron chi connectivity index (χ4n) is 3.74. The second-order valence-corrected chi connectivity index (χ2v) is 8.55. The molecule has 1 aromatic carbocycles. The van der Waals surface area contributed by atoms with Crippen LogP contribution in [0.15, 0.2) is 40.8 Å². The van der Waals surface area contributed by atoms with Gasteiger partial charge in [-0.1, -0.05) is 45.0 Å². The third kappa shape index (κ3) is 3.66. The molecule has 144 valence electrons. The Bertz CT molecular complexity index is 810. The van der Waals surface area contributed by atoms with E-state index in [1.807, 2.05) is 23.1 Å². The summed E-state index contributed by atoms with van der Waals surface area (Å²) in [5, 5.41) is 0. The zero-order chi connectivity index (χ0) is 19.1. The highest BCUT2D eigenvalue weighted by Crippen LogP contribution is 2.30. The summed E-state index contributed by atoms with van der Waals surface area (Å²) in [6.07, 6.45) is 0.834. The predicted molar refractivity (Wildman–Crippen MR) is 103 cm³/mol. The monoisotopic (exact) mass is 369 g/mol. The van der Waals surface area contributed by atoms with E-state index in [0.717, 1.165) is 12.0 Å². The molecule has 2 aliphatic rings. The molecule has 0 unspecified atom stereocenters. The normalized spacial score (nSPS) is 23.1. The molecule has 5 nitrogen and oxygen atoms in total. The Morgan fingerprint density at radius 2 is 1.85 bits per heavy atom. The Morgan fingerprint density at radius 3 is 2.52 bits per heavy atom. The summed E-state index contributed by atoms with van der Waals surface area (Å²) in [6.45, 7) is 9.50. The van der Waals surface area contributed by atoms with Crippen molar-refractivity contribution in [3.63, 3.8) is 0 Å². The van der Waals surface area contributed by atoms with Gasteiger partial charge in [-0.3, -0.25) is 4.79 Å². The Labute approximate surface area is 160 Å². The van der Waals surface area contributed by atoms with Crippen LogP contribution in [-0.2, 0) is 14.9 Å². The van der Waals surface area contributed by atoms with E-state index in [-0.39, 0.29) is 16.9 Å². The second kappa shape index (κ2) is 6.80. The number of benzene rings is 1. The van der Waals surface area contributed by atoms with E-state index in [9.17, 15) is 4.79 Å². The largest absolute Gasteiger partial charge is 0.451 e. The maximum atomic E-state index is 12.9. The molecule has 3 heterocycles. The zero-order valence-corrected chi connectivity index (χ0v) is 16.3. The van der Waals surface area contributed by atoms with Gasteiger partial charge < -0.3 is 18.8 Å². The smallest absolute Gasteiger partial charge is 0.289 e. The number of hydrogen-bond donors (Lipinski definition) is 0. The first-order valence-corrected chi connectivity index (χ1v) is 9.58. The summed E-state index contributed by atoms with van der Waals surface area (Å²) in [4.78, 5) is 14.7. The average Bonchev–Trinajstić information content (AvgIpc) is 3.31. The lowest BCUT2D eigenvalue weighted by molar-refractivity contribution is -0.0999. The van der Waals surface area contributed by atoms with Crippen LogP contribution in [0.4, 0.5) is 0 Å². The molecule has 0 aliphatic carbocycles. The molecule has 1 aromatic heterocycles. The van der Waals surface area contributed by atoms with Crippen molar-refractivity contribution in [1.29, 1.82) is 0 Å². The highest BCUT2D eigenvalue weighted by Gasteiger charge is 2.42. The minimum absolute atomic E-state index is 0.0814. The van der Waals surface area contributed by atoms with Crippen molar-refractivity contribution in [2.75, 3.05) is 32.9 Å². The maximum Gasteiger partial charge on any atom is 0.289 e. The van der Waals surface area contributed by atoms with Crippen molar-refractivity contribution in [1.82, 2.24) is 4.90 Å². The predicted octanol–water partition coefficient (Wildman–Crippen LogP) is 3.88. The quantitative estimate of drug-likeness (QED) is 0.806. The number of furan rings is 1. The summed E-state index contributed by atoms with van der Waals surface area (Å²) in [6, 6.07) is 12.0. The minimum atomic E-state index is -0.341. The number of nitrogens with zero attached hydrogens (tertiary/aromatic N) is 1. The van der Waals surface area contributed by atoms with Crippen molar-refractivity contribution in [2.24, 2.45) is 0 Å². The van der Waals surface area contributed by atoms with Crippen LogP contribution < -0.4 is 0 Å². The number of carbonyl (C=O) groups is 1. The van der Waals surface area contributed by atoms with E-state index in [1.54, 1.807) is 6.07 Å². The van der Waals surface area contributed by atoms with Crippen molar-refractivity contribution >= 4 is 5.91 Å². The molecule has 27 heavy (non-hydrogen) atoms. The first-order chi connectivity index (χ1) is 12.9. The molecular formula is C22H27NO4. The van der Waals surface area contributed by atoms with Gasteiger partial charge in [-0.2, -0.15) is 0 Å². The highest BCUT2D eigenvalue weighted by molar-refractivity contribution is 5.92. The lowest BCUT2D eigenvalue weighted by Gasteiger charge is -2.39. The number of ether oxygens (including phenoxy) is 2. The van der Waals surface area contributed by atoms with Gasteiger partial charge >= 0.3 is 0 Å². The number of morpholine rings is 1. The number of carbonyl (C=O) groups excluding carboxylic acids is 1. The lowest BCUT2D eigenvalue weighted by atomic mass is 9.86. The first kappa shape index (κ1) is 18.3. The van der Waals surface area contributed by atoms with Gasteiger partial charge in [0.05, 0.1) is 19.8 Å². The molecule has 1 amide bonds.